The zero-order chi connectivity index (χ0) is 18.5. The van der Waals surface area contributed by atoms with Crippen LogP contribution in [-0.4, -0.2) is 53.9 Å². The van der Waals surface area contributed by atoms with E-state index in [2.05, 4.69) is 5.32 Å². The van der Waals surface area contributed by atoms with Crippen molar-refractivity contribution in [2.75, 3.05) is 7.11 Å². The number of hydrogen-bond acceptors (Lipinski definition) is 6. The molecule has 26 heavy (non-hydrogen) atoms. The Hall–Kier alpha value is -2.16. The maximum absolute atomic E-state index is 12.5. The molecule has 0 unspecified atom stereocenters. The van der Waals surface area contributed by atoms with Gasteiger partial charge in [0.05, 0.1) is 12.2 Å². The van der Waals surface area contributed by atoms with Crippen LogP contribution in [0.15, 0.2) is 30.3 Å². The third kappa shape index (κ3) is 4.14. The molecule has 2 N–H and O–H groups in total. The van der Waals surface area contributed by atoms with Gasteiger partial charge in [-0.25, -0.2) is 9.59 Å². The SMILES string of the molecule is CO[C@@H]1NC(=O)N(C(=O)OCc2ccccc2)[C@H]1O[C@@H]1CCCC[C@@H]1O. The Labute approximate surface area is 152 Å². The second-order valence-corrected chi connectivity index (χ2v) is 6.43. The Kier molecular flexibility index (Phi) is 6.08. The van der Waals surface area contributed by atoms with Crippen molar-refractivity contribution in [3.8, 4) is 0 Å². The van der Waals surface area contributed by atoms with E-state index in [1.165, 1.54) is 7.11 Å². The molecule has 0 bridgehead atoms. The fraction of sp³-hybridized carbons (Fsp3) is 0.556. The highest BCUT2D eigenvalue weighted by Gasteiger charge is 2.47. The smallest absolute Gasteiger partial charge is 0.420 e. The highest BCUT2D eigenvalue weighted by atomic mass is 16.6. The van der Waals surface area contributed by atoms with Gasteiger partial charge in [-0.3, -0.25) is 0 Å². The summed E-state index contributed by atoms with van der Waals surface area (Å²) in [5, 5.41) is 12.7. The minimum atomic E-state index is -0.992. The van der Waals surface area contributed by atoms with Gasteiger partial charge >= 0.3 is 12.1 Å². The molecule has 3 amide bonds. The number of nitrogens with one attached hydrogen (secondary N) is 1. The molecule has 0 aromatic heterocycles. The van der Waals surface area contributed by atoms with Crippen LogP contribution in [0.1, 0.15) is 31.2 Å². The molecule has 0 spiro atoms. The summed E-state index contributed by atoms with van der Waals surface area (Å²) in [6, 6.07) is 8.53. The number of amides is 3. The standard InChI is InChI=1S/C18H24N2O6/c1-24-15-16(26-14-10-6-5-9-13(14)21)20(17(22)19-15)18(23)25-11-12-7-3-2-4-8-12/h2-4,7-8,13-16,21H,5-6,9-11H2,1H3,(H,19,22)/t13-,14+,15-,16-/m0/s1. The molecule has 1 aliphatic carbocycles. The molecule has 1 aromatic carbocycles. The molecule has 2 aliphatic rings. The van der Waals surface area contributed by atoms with Gasteiger partial charge in [-0.15, -0.1) is 0 Å². The fourth-order valence-corrected chi connectivity index (χ4v) is 3.21. The van der Waals surface area contributed by atoms with E-state index >= 15 is 0 Å². The molecule has 0 radical (unpaired) electrons. The van der Waals surface area contributed by atoms with E-state index in [0.717, 1.165) is 23.3 Å². The molecule has 1 heterocycles. The van der Waals surface area contributed by atoms with E-state index < -0.39 is 36.8 Å². The van der Waals surface area contributed by atoms with Crippen molar-refractivity contribution in [1.29, 1.82) is 0 Å². The van der Waals surface area contributed by atoms with Crippen LogP contribution in [0, 0.1) is 0 Å². The Morgan fingerprint density at radius 1 is 1.27 bits per heavy atom. The number of carbonyl (C=O) groups is 2. The van der Waals surface area contributed by atoms with E-state index in [1.54, 1.807) is 0 Å². The molecule has 1 saturated carbocycles. The van der Waals surface area contributed by atoms with Crippen LogP contribution >= 0.6 is 0 Å². The summed E-state index contributed by atoms with van der Waals surface area (Å²) in [4.78, 5) is 25.6. The van der Waals surface area contributed by atoms with Crippen molar-refractivity contribution in [3.05, 3.63) is 35.9 Å². The molecule has 2 fully saturated rings. The van der Waals surface area contributed by atoms with Crippen molar-refractivity contribution < 1.29 is 28.9 Å². The van der Waals surface area contributed by atoms with Gasteiger partial charge in [-0.1, -0.05) is 43.2 Å². The molecular weight excluding hydrogens is 340 g/mol. The normalized spacial score (nSPS) is 28.7. The number of methoxy groups -OCH3 is 1. The van der Waals surface area contributed by atoms with Crippen LogP contribution in [-0.2, 0) is 20.8 Å². The van der Waals surface area contributed by atoms with Gasteiger partial charge in [-0.2, -0.15) is 4.90 Å². The number of benzene rings is 1. The minimum absolute atomic E-state index is 0.0415. The number of aliphatic hydroxyl groups is 1. The Morgan fingerprint density at radius 2 is 2.00 bits per heavy atom. The lowest BCUT2D eigenvalue weighted by molar-refractivity contribution is -0.160. The van der Waals surface area contributed by atoms with E-state index in [0.29, 0.717) is 12.8 Å². The second kappa shape index (κ2) is 8.48. The molecule has 142 valence electrons. The molecule has 1 aromatic rings. The second-order valence-electron chi connectivity index (χ2n) is 6.43. The summed E-state index contributed by atoms with van der Waals surface area (Å²) >= 11 is 0. The first-order chi connectivity index (χ1) is 12.6. The van der Waals surface area contributed by atoms with Gasteiger partial charge in [-0.05, 0) is 18.4 Å². The van der Waals surface area contributed by atoms with Crippen molar-refractivity contribution in [2.45, 2.75) is 57.0 Å². The van der Waals surface area contributed by atoms with Gasteiger partial charge in [0.25, 0.3) is 0 Å². The molecule has 3 rings (SSSR count). The number of imide groups is 1. The zero-order valence-electron chi connectivity index (χ0n) is 14.7. The van der Waals surface area contributed by atoms with Gasteiger partial charge in [0.1, 0.15) is 6.61 Å². The zero-order valence-corrected chi connectivity index (χ0v) is 14.7. The first kappa shape index (κ1) is 18.6. The lowest BCUT2D eigenvalue weighted by Crippen LogP contribution is -2.48. The third-order valence-corrected chi connectivity index (χ3v) is 4.64. The van der Waals surface area contributed by atoms with Crippen LogP contribution in [0.2, 0.25) is 0 Å². The third-order valence-electron chi connectivity index (χ3n) is 4.64. The summed E-state index contributed by atoms with van der Waals surface area (Å²) in [7, 11) is 1.41. The number of nitrogens with zero attached hydrogens (tertiary/aromatic N) is 1. The summed E-state index contributed by atoms with van der Waals surface area (Å²) < 4.78 is 16.4. The number of hydrogen-bond donors (Lipinski definition) is 2. The Bertz CT molecular complexity index is 625. The molecule has 1 aliphatic heterocycles. The number of carbonyl (C=O) groups excluding carboxylic acids is 2. The van der Waals surface area contributed by atoms with E-state index in [-0.39, 0.29) is 6.61 Å². The van der Waals surface area contributed by atoms with Gasteiger partial charge in [0.15, 0.2) is 12.5 Å². The lowest BCUT2D eigenvalue weighted by Gasteiger charge is -2.33. The quantitative estimate of drug-likeness (QED) is 0.829. The maximum atomic E-state index is 12.5. The number of aliphatic hydroxyl groups excluding tert-OH is 1. The van der Waals surface area contributed by atoms with Gasteiger partial charge in [0, 0.05) is 7.11 Å². The van der Waals surface area contributed by atoms with E-state index in [1.807, 2.05) is 30.3 Å². The lowest BCUT2D eigenvalue weighted by atomic mass is 9.95. The summed E-state index contributed by atoms with van der Waals surface area (Å²) in [5.74, 6) is 0. The monoisotopic (exact) mass is 364 g/mol. The first-order valence-corrected chi connectivity index (χ1v) is 8.77. The fourth-order valence-electron chi connectivity index (χ4n) is 3.21. The predicted octanol–water partition coefficient (Wildman–Crippen LogP) is 1.97. The Balaban J connectivity index is 1.67. The van der Waals surface area contributed by atoms with Crippen molar-refractivity contribution in [1.82, 2.24) is 10.2 Å². The molecule has 1 saturated heterocycles. The van der Waals surface area contributed by atoms with Gasteiger partial charge in [0.2, 0.25) is 0 Å². The molecular formula is C18H24N2O6. The summed E-state index contributed by atoms with van der Waals surface area (Å²) in [6.45, 7) is 0.0415. The maximum Gasteiger partial charge on any atom is 0.420 e. The first-order valence-electron chi connectivity index (χ1n) is 8.77. The van der Waals surface area contributed by atoms with E-state index in [4.69, 9.17) is 14.2 Å². The highest BCUT2D eigenvalue weighted by molar-refractivity contribution is 5.93. The van der Waals surface area contributed by atoms with Gasteiger partial charge < -0.3 is 24.6 Å². The number of rotatable bonds is 5. The summed E-state index contributed by atoms with van der Waals surface area (Å²) in [5.41, 5.74) is 0.809. The van der Waals surface area contributed by atoms with Crippen molar-refractivity contribution in [2.24, 2.45) is 0 Å². The van der Waals surface area contributed by atoms with E-state index in [9.17, 15) is 14.7 Å². The van der Waals surface area contributed by atoms with Crippen LogP contribution in [0.3, 0.4) is 0 Å². The molecule has 4 atom stereocenters. The molecule has 8 heteroatoms. The summed E-state index contributed by atoms with van der Waals surface area (Å²) in [6.07, 6.45) is -0.562. The Morgan fingerprint density at radius 3 is 2.69 bits per heavy atom. The van der Waals surface area contributed by atoms with Crippen molar-refractivity contribution >= 4 is 12.1 Å². The van der Waals surface area contributed by atoms with Crippen LogP contribution in [0.25, 0.3) is 0 Å². The van der Waals surface area contributed by atoms with Crippen LogP contribution in [0.4, 0.5) is 9.59 Å². The average molecular weight is 364 g/mol. The predicted molar refractivity (Wildman–Crippen MR) is 90.9 cm³/mol. The largest absolute Gasteiger partial charge is 0.444 e. The van der Waals surface area contributed by atoms with Crippen molar-refractivity contribution in [3.63, 3.8) is 0 Å². The minimum Gasteiger partial charge on any atom is -0.444 e. The van der Waals surface area contributed by atoms with Crippen LogP contribution in [0.5, 0.6) is 0 Å². The molecule has 8 nitrogen and oxygen atoms in total. The van der Waals surface area contributed by atoms with Crippen LogP contribution < -0.4 is 5.32 Å². The highest BCUT2D eigenvalue weighted by Crippen LogP contribution is 2.26. The topological polar surface area (TPSA) is 97.3 Å². The number of urea groups is 1. The average Bonchev–Trinajstić information content (AvgIpc) is 2.98. The number of ether oxygens (including phenoxy) is 3.